The van der Waals surface area contributed by atoms with E-state index in [2.05, 4.69) is 15.8 Å². The van der Waals surface area contributed by atoms with Gasteiger partial charge in [-0.05, 0) is 30.7 Å². The van der Waals surface area contributed by atoms with Crippen LogP contribution in [0.1, 0.15) is 12.8 Å². The van der Waals surface area contributed by atoms with Gasteiger partial charge in [-0.1, -0.05) is 36.4 Å². The Kier molecular flexibility index (Phi) is 5.41. The molecule has 2 N–H and O–H groups in total. The molecule has 2 aromatic carbocycles. The Balaban J connectivity index is 1.75. The molecule has 0 bridgehead atoms. The predicted molar refractivity (Wildman–Crippen MR) is 98.4 cm³/mol. The maximum Gasteiger partial charge on any atom is 0.273 e. The molecule has 25 heavy (non-hydrogen) atoms. The summed E-state index contributed by atoms with van der Waals surface area (Å²) in [5.74, 6) is -0.269. The molecule has 0 aliphatic carbocycles. The van der Waals surface area contributed by atoms with Crippen molar-refractivity contribution in [3.05, 3.63) is 60.7 Å². The quantitative estimate of drug-likeness (QED) is 0.629. The van der Waals surface area contributed by atoms with Crippen LogP contribution in [0.5, 0.6) is 0 Å². The van der Waals surface area contributed by atoms with Crippen molar-refractivity contribution in [3.63, 3.8) is 0 Å². The van der Waals surface area contributed by atoms with Crippen LogP contribution in [0.25, 0.3) is 0 Å². The maximum absolute atomic E-state index is 12.6. The second kappa shape index (κ2) is 8.10. The number of amides is 2. The summed E-state index contributed by atoms with van der Waals surface area (Å²) >= 11 is 0. The molecular formula is C19H20N4O2. The Hall–Kier alpha value is -3.15. The van der Waals surface area contributed by atoms with E-state index in [-0.39, 0.29) is 24.1 Å². The Labute approximate surface area is 146 Å². The third kappa shape index (κ3) is 4.67. The first kappa shape index (κ1) is 16.7. The number of anilines is 2. The van der Waals surface area contributed by atoms with Gasteiger partial charge in [0, 0.05) is 18.7 Å². The van der Waals surface area contributed by atoms with Gasteiger partial charge in [0.25, 0.3) is 5.91 Å². The third-order valence-corrected chi connectivity index (χ3v) is 3.90. The van der Waals surface area contributed by atoms with Gasteiger partial charge in [-0.2, -0.15) is 5.10 Å². The maximum atomic E-state index is 12.6. The lowest BCUT2D eigenvalue weighted by Crippen LogP contribution is -2.37. The van der Waals surface area contributed by atoms with E-state index in [0.29, 0.717) is 18.7 Å². The van der Waals surface area contributed by atoms with Gasteiger partial charge >= 0.3 is 0 Å². The van der Waals surface area contributed by atoms with Crippen LogP contribution in [0.15, 0.2) is 65.8 Å². The third-order valence-electron chi connectivity index (χ3n) is 3.90. The van der Waals surface area contributed by atoms with Gasteiger partial charge in [0.2, 0.25) is 5.91 Å². The van der Waals surface area contributed by atoms with Crippen molar-refractivity contribution < 1.29 is 9.59 Å². The molecule has 2 aromatic rings. The van der Waals surface area contributed by atoms with E-state index in [0.717, 1.165) is 12.1 Å². The fraction of sp³-hybridized carbons (Fsp3) is 0.211. The van der Waals surface area contributed by atoms with Gasteiger partial charge in [0.1, 0.15) is 5.71 Å². The van der Waals surface area contributed by atoms with Crippen molar-refractivity contribution >= 4 is 28.9 Å². The second-order valence-electron chi connectivity index (χ2n) is 5.78. The number of carbonyl (C=O) groups excluding carboxylic acids is 2. The average Bonchev–Trinajstić information content (AvgIpc) is 3.05. The highest BCUT2D eigenvalue weighted by Crippen LogP contribution is 2.11. The van der Waals surface area contributed by atoms with Crippen LogP contribution in [0.4, 0.5) is 11.4 Å². The highest BCUT2D eigenvalue weighted by molar-refractivity contribution is 6.44. The summed E-state index contributed by atoms with van der Waals surface area (Å²) in [6.07, 6.45) is 1.35. The van der Waals surface area contributed by atoms with Crippen LogP contribution in [-0.4, -0.2) is 35.5 Å². The monoisotopic (exact) mass is 336 g/mol. The number of carbonyl (C=O) groups is 2. The lowest BCUT2D eigenvalue weighted by Gasteiger charge is -2.17. The molecule has 1 aliphatic heterocycles. The van der Waals surface area contributed by atoms with E-state index >= 15 is 0 Å². The van der Waals surface area contributed by atoms with Crippen LogP contribution in [0.3, 0.4) is 0 Å². The first-order valence-electron chi connectivity index (χ1n) is 8.24. The van der Waals surface area contributed by atoms with Crippen LogP contribution in [-0.2, 0) is 9.59 Å². The lowest BCUT2D eigenvalue weighted by atomic mass is 10.2. The minimum Gasteiger partial charge on any atom is -0.336 e. The number of benzene rings is 2. The van der Waals surface area contributed by atoms with Gasteiger partial charge in [-0.25, -0.2) is 0 Å². The van der Waals surface area contributed by atoms with E-state index in [9.17, 15) is 9.59 Å². The molecule has 1 saturated heterocycles. The SMILES string of the molecule is O=C(Nc1ccccc1)/C(CN1CCCC1=O)=N/Nc1ccccc1. The van der Waals surface area contributed by atoms with Crippen molar-refractivity contribution in [3.8, 4) is 0 Å². The molecule has 128 valence electrons. The number of hydrogen-bond donors (Lipinski definition) is 2. The summed E-state index contributed by atoms with van der Waals surface area (Å²) in [7, 11) is 0. The normalized spacial score (nSPS) is 14.5. The predicted octanol–water partition coefficient (Wildman–Crippen LogP) is 2.72. The topological polar surface area (TPSA) is 73.8 Å². The van der Waals surface area contributed by atoms with Crippen molar-refractivity contribution in [2.24, 2.45) is 5.10 Å². The molecule has 2 amide bonds. The molecule has 1 fully saturated rings. The summed E-state index contributed by atoms with van der Waals surface area (Å²) in [4.78, 5) is 26.2. The molecule has 0 saturated carbocycles. The Morgan fingerprint density at radius 1 is 1.00 bits per heavy atom. The standard InChI is InChI=1S/C19H20N4O2/c24-18-12-7-13-23(18)14-17(22-21-16-10-5-2-6-11-16)19(25)20-15-8-3-1-4-9-15/h1-6,8-11,21H,7,12-14H2,(H,20,25)/b22-17+. The number of hydrogen-bond acceptors (Lipinski definition) is 4. The molecule has 1 heterocycles. The van der Waals surface area contributed by atoms with Crippen LogP contribution < -0.4 is 10.7 Å². The highest BCUT2D eigenvalue weighted by atomic mass is 16.2. The van der Waals surface area contributed by atoms with Crippen LogP contribution in [0.2, 0.25) is 0 Å². The number of rotatable bonds is 6. The largest absolute Gasteiger partial charge is 0.336 e. The zero-order valence-corrected chi connectivity index (χ0v) is 13.8. The zero-order chi connectivity index (χ0) is 17.5. The van der Waals surface area contributed by atoms with Gasteiger partial charge in [-0.3, -0.25) is 15.0 Å². The molecule has 0 atom stereocenters. The summed E-state index contributed by atoms with van der Waals surface area (Å²) in [5.41, 5.74) is 4.62. The number of para-hydroxylation sites is 2. The van der Waals surface area contributed by atoms with Crippen molar-refractivity contribution in [1.29, 1.82) is 0 Å². The Bertz CT molecular complexity index is 760. The molecule has 6 heteroatoms. The molecule has 3 rings (SSSR count). The van der Waals surface area contributed by atoms with E-state index in [4.69, 9.17) is 0 Å². The summed E-state index contributed by atoms with van der Waals surface area (Å²) in [6, 6.07) is 18.6. The number of likely N-dealkylation sites (tertiary alicyclic amines) is 1. The van der Waals surface area contributed by atoms with Crippen LogP contribution >= 0.6 is 0 Å². The van der Waals surface area contributed by atoms with Crippen LogP contribution in [0, 0.1) is 0 Å². The van der Waals surface area contributed by atoms with Gasteiger partial charge in [-0.15, -0.1) is 0 Å². The van der Waals surface area contributed by atoms with Gasteiger partial charge < -0.3 is 10.2 Å². The number of nitrogens with one attached hydrogen (secondary N) is 2. The summed E-state index contributed by atoms with van der Waals surface area (Å²) in [5, 5.41) is 7.07. The second-order valence-corrected chi connectivity index (χ2v) is 5.78. The van der Waals surface area contributed by atoms with E-state index in [1.165, 1.54) is 0 Å². The van der Waals surface area contributed by atoms with E-state index < -0.39 is 0 Å². The van der Waals surface area contributed by atoms with E-state index in [1.807, 2.05) is 48.5 Å². The smallest absolute Gasteiger partial charge is 0.273 e. The fourth-order valence-corrected chi connectivity index (χ4v) is 2.58. The molecule has 0 unspecified atom stereocenters. The minimum atomic E-state index is -0.325. The molecule has 6 nitrogen and oxygen atoms in total. The van der Waals surface area contributed by atoms with E-state index in [1.54, 1.807) is 17.0 Å². The Morgan fingerprint density at radius 3 is 2.24 bits per heavy atom. The molecular weight excluding hydrogens is 316 g/mol. The zero-order valence-electron chi connectivity index (χ0n) is 13.8. The first-order valence-corrected chi connectivity index (χ1v) is 8.24. The minimum absolute atomic E-state index is 0.0555. The summed E-state index contributed by atoms with van der Waals surface area (Å²) < 4.78 is 0. The summed E-state index contributed by atoms with van der Waals surface area (Å²) in [6.45, 7) is 0.846. The number of hydrazone groups is 1. The average molecular weight is 336 g/mol. The van der Waals surface area contributed by atoms with Gasteiger partial charge in [0.05, 0.1) is 12.2 Å². The Morgan fingerprint density at radius 2 is 1.64 bits per heavy atom. The first-order chi connectivity index (χ1) is 12.2. The molecule has 0 spiro atoms. The lowest BCUT2D eigenvalue weighted by molar-refractivity contribution is -0.127. The molecule has 0 radical (unpaired) electrons. The molecule has 1 aliphatic rings. The highest BCUT2D eigenvalue weighted by Gasteiger charge is 2.24. The van der Waals surface area contributed by atoms with Crippen molar-refractivity contribution in [2.75, 3.05) is 23.8 Å². The van der Waals surface area contributed by atoms with Crippen molar-refractivity contribution in [2.45, 2.75) is 12.8 Å². The number of nitrogens with zero attached hydrogens (tertiary/aromatic N) is 2. The van der Waals surface area contributed by atoms with Crippen molar-refractivity contribution in [1.82, 2.24) is 4.90 Å². The van der Waals surface area contributed by atoms with Gasteiger partial charge in [0.15, 0.2) is 0 Å². The fourth-order valence-electron chi connectivity index (χ4n) is 2.58. The molecule has 0 aromatic heterocycles.